The number of carbonyl (C=O) groups excluding carboxylic acids is 2. The molecule has 6 nitrogen and oxygen atoms in total. The van der Waals surface area contributed by atoms with Gasteiger partial charge in [0, 0.05) is 19.6 Å². The van der Waals surface area contributed by atoms with E-state index in [9.17, 15) is 14.0 Å². The zero-order valence-corrected chi connectivity index (χ0v) is 13.5. The topological polar surface area (TPSA) is 61.9 Å². The number of halogens is 1. The molecule has 1 aromatic carbocycles. The number of rotatable bonds is 2. The van der Waals surface area contributed by atoms with E-state index >= 15 is 0 Å². The second-order valence-corrected chi connectivity index (χ2v) is 6.18. The van der Waals surface area contributed by atoms with Gasteiger partial charge in [-0.1, -0.05) is 12.1 Å². The molecular formula is C17H22FN3O3. The largest absolute Gasteiger partial charge is 0.324 e. The van der Waals surface area contributed by atoms with Gasteiger partial charge in [0.25, 0.3) is 5.91 Å². The molecule has 0 aliphatic carbocycles. The molecule has 3 amide bonds. The van der Waals surface area contributed by atoms with Gasteiger partial charge in [-0.05, 0) is 37.8 Å². The first-order valence-electron chi connectivity index (χ1n) is 8.40. The number of nitrogens with one attached hydrogen (secondary N) is 1. The highest BCUT2D eigenvalue weighted by atomic mass is 19.1. The number of hydrogen-bond acceptors (Lipinski definition) is 3. The smallest absolute Gasteiger partial charge is 0.321 e. The van der Waals surface area contributed by atoms with E-state index in [4.69, 9.17) is 4.84 Å². The van der Waals surface area contributed by atoms with Crippen molar-refractivity contribution in [1.82, 2.24) is 9.96 Å². The lowest BCUT2D eigenvalue weighted by Gasteiger charge is -2.35. The molecule has 2 fully saturated rings. The second-order valence-electron chi connectivity index (χ2n) is 6.18. The Hall–Kier alpha value is -2.15. The van der Waals surface area contributed by atoms with Gasteiger partial charge in [-0.3, -0.25) is 9.63 Å². The number of urea groups is 1. The Morgan fingerprint density at radius 1 is 1.17 bits per heavy atom. The van der Waals surface area contributed by atoms with Crippen LogP contribution in [0.25, 0.3) is 0 Å². The summed E-state index contributed by atoms with van der Waals surface area (Å²) >= 11 is 0. The fraction of sp³-hybridized carbons (Fsp3) is 0.529. The molecule has 0 bridgehead atoms. The van der Waals surface area contributed by atoms with Crippen LogP contribution in [0.4, 0.5) is 14.9 Å². The quantitative estimate of drug-likeness (QED) is 0.904. The second kappa shape index (κ2) is 7.61. The number of nitrogens with zero attached hydrogens (tertiary/aromatic N) is 2. The van der Waals surface area contributed by atoms with Crippen LogP contribution in [0.3, 0.4) is 0 Å². The van der Waals surface area contributed by atoms with E-state index in [0.29, 0.717) is 26.2 Å². The van der Waals surface area contributed by atoms with Gasteiger partial charge < -0.3 is 10.2 Å². The molecule has 2 saturated heterocycles. The molecule has 24 heavy (non-hydrogen) atoms. The van der Waals surface area contributed by atoms with Crippen molar-refractivity contribution in [2.24, 2.45) is 5.92 Å². The molecule has 1 N–H and O–H groups in total. The van der Waals surface area contributed by atoms with Crippen molar-refractivity contribution in [3.05, 3.63) is 30.1 Å². The predicted octanol–water partition coefficient (Wildman–Crippen LogP) is 2.62. The lowest BCUT2D eigenvalue weighted by molar-refractivity contribution is -0.202. The predicted molar refractivity (Wildman–Crippen MR) is 86.6 cm³/mol. The van der Waals surface area contributed by atoms with E-state index in [1.165, 1.54) is 17.2 Å². The summed E-state index contributed by atoms with van der Waals surface area (Å²) in [6, 6.07) is 5.67. The molecule has 2 aliphatic rings. The molecular weight excluding hydrogens is 313 g/mol. The Morgan fingerprint density at radius 3 is 2.75 bits per heavy atom. The van der Waals surface area contributed by atoms with Crippen LogP contribution in [0.15, 0.2) is 24.3 Å². The fourth-order valence-corrected chi connectivity index (χ4v) is 3.09. The molecule has 0 spiro atoms. The Morgan fingerprint density at radius 2 is 2.00 bits per heavy atom. The van der Waals surface area contributed by atoms with Crippen LogP contribution >= 0.6 is 0 Å². The third-order valence-electron chi connectivity index (χ3n) is 4.42. The van der Waals surface area contributed by atoms with Crippen LogP contribution < -0.4 is 5.32 Å². The van der Waals surface area contributed by atoms with Crippen molar-refractivity contribution >= 4 is 17.6 Å². The van der Waals surface area contributed by atoms with Gasteiger partial charge in [-0.2, -0.15) is 0 Å². The molecule has 130 valence electrons. The van der Waals surface area contributed by atoms with Crippen molar-refractivity contribution < 1.29 is 18.8 Å². The number of para-hydroxylation sites is 1. The van der Waals surface area contributed by atoms with E-state index in [0.717, 1.165) is 25.7 Å². The van der Waals surface area contributed by atoms with Gasteiger partial charge in [0.15, 0.2) is 0 Å². The standard InChI is InChI=1S/C17H22FN3O3/c18-14-7-1-2-8-15(14)19-17(23)20-9-5-6-13(12-20)16(22)21-10-3-4-11-24-21/h1-2,7-8,13H,3-6,9-12H2,(H,19,23). The first-order chi connectivity index (χ1) is 11.6. The molecule has 1 aromatic rings. The van der Waals surface area contributed by atoms with E-state index < -0.39 is 5.82 Å². The summed E-state index contributed by atoms with van der Waals surface area (Å²) in [4.78, 5) is 31.9. The first kappa shape index (κ1) is 16.7. The summed E-state index contributed by atoms with van der Waals surface area (Å²) in [5.41, 5.74) is 0.148. The zero-order chi connectivity index (χ0) is 16.9. The molecule has 0 saturated carbocycles. The number of anilines is 1. The van der Waals surface area contributed by atoms with E-state index in [-0.39, 0.29) is 23.5 Å². The number of piperidine rings is 1. The average Bonchev–Trinajstić information content (AvgIpc) is 2.64. The Bertz CT molecular complexity index is 604. The van der Waals surface area contributed by atoms with Gasteiger partial charge in [0.05, 0.1) is 18.2 Å². The SMILES string of the molecule is O=C(Nc1ccccc1F)N1CCCC(C(=O)N2CCCCO2)C1. The number of carbonyl (C=O) groups is 2. The van der Waals surface area contributed by atoms with Gasteiger partial charge >= 0.3 is 6.03 Å². The van der Waals surface area contributed by atoms with Gasteiger partial charge in [0.1, 0.15) is 5.82 Å². The lowest BCUT2D eigenvalue weighted by Crippen LogP contribution is -2.48. The maximum Gasteiger partial charge on any atom is 0.321 e. The van der Waals surface area contributed by atoms with Gasteiger partial charge in [-0.25, -0.2) is 14.2 Å². The molecule has 1 atom stereocenters. The van der Waals surface area contributed by atoms with E-state index in [1.807, 2.05) is 0 Å². The van der Waals surface area contributed by atoms with Crippen LogP contribution in [0.2, 0.25) is 0 Å². The molecule has 3 rings (SSSR count). The molecule has 0 aromatic heterocycles. The summed E-state index contributed by atoms with van der Waals surface area (Å²) in [6.07, 6.45) is 3.39. The van der Waals surface area contributed by atoms with Crippen molar-refractivity contribution in [2.75, 3.05) is 31.6 Å². The number of likely N-dealkylation sites (tertiary alicyclic amines) is 1. The van der Waals surface area contributed by atoms with Crippen molar-refractivity contribution in [2.45, 2.75) is 25.7 Å². The third-order valence-corrected chi connectivity index (χ3v) is 4.42. The van der Waals surface area contributed by atoms with Crippen LogP contribution in [-0.4, -0.2) is 48.1 Å². The summed E-state index contributed by atoms with van der Waals surface area (Å²) in [5.74, 6) is -0.793. The molecule has 2 heterocycles. The maximum absolute atomic E-state index is 13.7. The first-order valence-corrected chi connectivity index (χ1v) is 8.40. The Balaban J connectivity index is 1.59. The Kier molecular flexibility index (Phi) is 5.30. The normalized spacial score (nSPS) is 21.5. The van der Waals surface area contributed by atoms with Crippen LogP contribution in [0.1, 0.15) is 25.7 Å². The number of hydrogen-bond donors (Lipinski definition) is 1. The average molecular weight is 335 g/mol. The number of hydroxylamine groups is 2. The maximum atomic E-state index is 13.7. The van der Waals surface area contributed by atoms with Crippen LogP contribution in [-0.2, 0) is 9.63 Å². The molecule has 7 heteroatoms. The minimum absolute atomic E-state index is 0.0573. The number of benzene rings is 1. The van der Waals surface area contributed by atoms with Crippen LogP contribution in [0.5, 0.6) is 0 Å². The summed E-state index contributed by atoms with van der Waals surface area (Å²) in [6.45, 7) is 2.07. The molecule has 1 unspecified atom stereocenters. The third kappa shape index (κ3) is 3.84. The fourth-order valence-electron chi connectivity index (χ4n) is 3.09. The molecule has 2 aliphatic heterocycles. The highest BCUT2D eigenvalue weighted by Gasteiger charge is 2.32. The van der Waals surface area contributed by atoms with Crippen molar-refractivity contribution in [3.63, 3.8) is 0 Å². The highest BCUT2D eigenvalue weighted by molar-refractivity contribution is 5.90. The molecule has 0 radical (unpaired) electrons. The van der Waals surface area contributed by atoms with Gasteiger partial charge in [0.2, 0.25) is 0 Å². The van der Waals surface area contributed by atoms with Crippen LogP contribution in [0, 0.1) is 11.7 Å². The number of amides is 3. The summed E-state index contributed by atoms with van der Waals surface area (Å²) < 4.78 is 13.7. The lowest BCUT2D eigenvalue weighted by atomic mass is 9.97. The minimum atomic E-state index is -0.475. The monoisotopic (exact) mass is 335 g/mol. The van der Waals surface area contributed by atoms with Gasteiger partial charge in [-0.15, -0.1) is 0 Å². The Labute approximate surface area is 140 Å². The summed E-state index contributed by atoms with van der Waals surface area (Å²) in [7, 11) is 0. The summed E-state index contributed by atoms with van der Waals surface area (Å²) in [5, 5.41) is 4.01. The van der Waals surface area contributed by atoms with E-state index in [2.05, 4.69) is 5.32 Å². The minimum Gasteiger partial charge on any atom is -0.324 e. The highest BCUT2D eigenvalue weighted by Crippen LogP contribution is 2.22. The zero-order valence-electron chi connectivity index (χ0n) is 13.5. The van der Waals surface area contributed by atoms with Crippen molar-refractivity contribution in [1.29, 1.82) is 0 Å². The van der Waals surface area contributed by atoms with Crippen molar-refractivity contribution in [3.8, 4) is 0 Å². The van der Waals surface area contributed by atoms with E-state index in [1.54, 1.807) is 17.0 Å².